The molecular weight excluding hydrogens is 438 g/mol. The van der Waals surface area contributed by atoms with Crippen LogP contribution in [0, 0.1) is 10.1 Å². The fourth-order valence-corrected chi connectivity index (χ4v) is 4.54. The number of rotatable bonds is 7. The number of hydrogen-bond acceptors (Lipinski definition) is 7. The molecule has 2 rings (SSSR count). The molecule has 10 nitrogen and oxygen atoms in total. The Morgan fingerprint density at radius 2 is 1.91 bits per heavy atom. The van der Waals surface area contributed by atoms with Crippen LogP contribution in [-0.4, -0.2) is 60.1 Å². The first-order valence-corrected chi connectivity index (χ1v) is 11.4. The Bertz CT molecular complexity index is 1010. The Hall–Kier alpha value is -2.76. The first-order chi connectivity index (χ1) is 14.8. The van der Waals surface area contributed by atoms with Crippen molar-refractivity contribution in [2.45, 2.75) is 51.2 Å². The first-order valence-electron chi connectivity index (χ1n) is 9.95. The number of amides is 1. The highest BCUT2D eigenvalue weighted by Crippen LogP contribution is 2.29. The number of nitro benzene ring substituents is 1. The van der Waals surface area contributed by atoms with E-state index >= 15 is 0 Å². The van der Waals surface area contributed by atoms with Gasteiger partial charge in [-0.05, 0) is 46.8 Å². The largest absolute Gasteiger partial charge is 0.444 e. The molecule has 0 spiro atoms. The van der Waals surface area contributed by atoms with Crippen LogP contribution in [0.25, 0.3) is 0 Å². The van der Waals surface area contributed by atoms with E-state index in [-0.39, 0.29) is 23.7 Å². The van der Waals surface area contributed by atoms with Crippen molar-refractivity contribution in [2.75, 3.05) is 19.7 Å². The molecule has 1 aliphatic heterocycles. The van der Waals surface area contributed by atoms with Crippen LogP contribution >= 0.6 is 0 Å². The monoisotopic (exact) mass is 467 g/mol. The molecule has 0 fully saturated rings. The van der Waals surface area contributed by atoms with Gasteiger partial charge >= 0.3 is 6.09 Å². The van der Waals surface area contributed by atoms with Crippen LogP contribution in [-0.2, 0) is 19.6 Å². The zero-order valence-corrected chi connectivity index (χ0v) is 19.7. The second-order valence-corrected chi connectivity index (χ2v) is 10.2. The number of benzene rings is 1. The van der Waals surface area contributed by atoms with Gasteiger partial charge in [0.25, 0.3) is 15.7 Å². The summed E-state index contributed by atoms with van der Waals surface area (Å²) >= 11 is 0. The third kappa shape index (κ3) is 5.93. The highest BCUT2D eigenvalue weighted by molar-refractivity contribution is 7.89. The topological polar surface area (TPSA) is 119 Å². The number of carbonyl (C=O) groups is 1. The number of nitro groups is 1. The third-order valence-electron chi connectivity index (χ3n) is 4.80. The molecule has 0 N–H and O–H groups in total. The lowest BCUT2D eigenvalue weighted by molar-refractivity contribution is -0.384. The average molecular weight is 468 g/mol. The normalized spacial score (nSPS) is 17.4. The summed E-state index contributed by atoms with van der Waals surface area (Å²) in [6.45, 7) is 12.6. The molecule has 0 saturated carbocycles. The minimum atomic E-state index is -4.23. The molecule has 1 heterocycles. The van der Waals surface area contributed by atoms with Crippen LogP contribution in [0.4, 0.5) is 10.5 Å². The number of non-ortho nitro benzene ring substituents is 1. The Morgan fingerprint density at radius 1 is 1.31 bits per heavy atom. The van der Waals surface area contributed by atoms with Gasteiger partial charge in [0, 0.05) is 25.2 Å². The molecule has 1 unspecified atom stereocenters. The number of hydrogen-bond donors (Lipinski definition) is 0. The second-order valence-electron chi connectivity index (χ2n) is 8.44. The average Bonchev–Trinajstić information content (AvgIpc) is 2.69. The Balaban J connectivity index is 2.45. The van der Waals surface area contributed by atoms with E-state index in [1.54, 1.807) is 27.7 Å². The summed E-state index contributed by atoms with van der Waals surface area (Å²) in [6.07, 6.45) is 0.837. The van der Waals surface area contributed by atoms with Gasteiger partial charge in [0.2, 0.25) is 0 Å². The van der Waals surface area contributed by atoms with Gasteiger partial charge in [-0.2, -0.15) is 0 Å². The minimum absolute atomic E-state index is 0.0153. The standard InChI is InChI=1S/C21H29N3O7S/c1-7-12-30-24(32(28,29)18-10-8-17(9-11-18)23(26)27)19-14-22(13-15(2)16(19)3)20(25)31-21(4,5)6/h7-11,19H,1,12-14H2,2-6H3. The summed E-state index contributed by atoms with van der Waals surface area (Å²) in [5, 5.41) is 10.9. The van der Waals surface area contributed by atoms with E-state index in [1.165, 1.54) is 11.0 Å². The molecule has 1 amide bonds. The fourth-order valence-electron chi connectivity index (χ4n) is 3.09. The van der Waals surface area contributed by atoms with Gasteiger partial charge in [0.1, 0.15) is 5.60 Å². The van der Waals surface area contributed by atoms with E-state index in [2.05, 4.69) is 6.58 Å². The van der Waals surface area contributed by atoms with E-state index in [1.807, 2.05) is 6.92 Å². The molecule has 11 heteroatoms. The molecule has 1 atom stereocenters. The van der Waals surface area contributed by atoms with Gasteiger partial charge in [-0.25, -0.2) is 13.2 Å². The van der Waals surface area contributed by atoms with Gasteiger partial charge in [0.15, 0.2) is 0 Å². The fraction of sp³-hybridized carbons (Fsp3) is 0.476. The summed E-state index contributed by atoms with van der Waals surface area (Å²) in [7, 11) is -4.23. The number of nitrogens with zero attached hydrogens (tertiary/aromatic N) is 3. The molecule has 32 heavy (non-hydrogen) atoms. The minimum Gasteiger partial charge on any atom is -0.444 e. The van der Waals surface area contributed by atoms with Crippen LogP contribution in [0.1, 0.15) is 34.6 Å². The molecular formula is C21H29N3O7S. The smallest absolute Gasteiger partial charge is 0.410 e. The van der Waals surface area contributed by atoms with Gasteiger partial charge in [-0.3, -0.25) is 15.0 Å². The van der Waals surface area contributed by atoms with E-state index in [9.17, 15) is 23.3 Å². The summed E-state index contributed by atoms with van der Waals surface area (Å²) in [5.74, 6) is 0. The molecule has 1 aliphatic rings. The van der Waals surface area contributed by atoms with E-state index < -0.39 is 32.7 Å². The van der Waals surface area contributed by atoms with Crippen LogP contribution in [0.2, 0.25) is 0 Å². The van der Waals surface area contributed by atoms with Gasteiger partial charge in [0.05, 0.1) is 22.5 Å². The molecule has 0 aromatic heterocycles. The van der Waals surface area contributed by atoms with E-state index in [4.69, 9.17) is 9.57 Å². The van der Waals surface area contributed by atoms with Crippen molar-refractivity contribution in [3.63, 3.8) is 0 Å². The molecule has 0 radical (unpaired) electrons. The summed E-state index contributed by atoms with van der Waals surface area (Å²) < 4.78 is 33.1. The maximum absolute atomic E-state index is 13.4. The van der Waals surface area contributed by atoms with Gasteiger partial charge < -0.3 is 9.64 Å². The predicted octanol–water partition coefficient (Wildman–Crippen LogP) is 3.66. The Labute approximate surface area is 188 Å². The van der Waals surface area contributed by atoms with Crippen LogP contribution in [0.5, 0.6) is 0 Å². The van der Waals surface area contributed by atoms with Crippen LogP contribution < -0.4 is 0 Å². The molecule has 1 aromatic carbocycles. The van der Waals surface area contributed by atoms with Crippen LogP contribution in [0.15, 0.2) is 53.0 Å². The Kier molecular flexibility index (Phi) is 7.81. The maximum Gasteiger partial charge on any atom is 0.410 e. The number of hydroxylamine groups is 1. The van der Waals surface area contributed by atoms with Crippen molar-refractivity contribution < 1.29 is 27.7 Å². The lowest BCUT2D eigenvalue weighted by Gasteiger charge is -2.39. The second kappa shape index (κ2) is 9.80. The van der Waals surface area contributed by atoms with Crippen molar-refractivity contribution in [1.82, 2.24) is 9.37 Å². The van der Waals surface area contributed by atoms with Crippen molar-refractivity contribution in [3.8, 4) is 0 Å². The zero-order valence-electron chi connectivity index (χ0n) is 18.9. The number of sulfonamides is 1. The summed E-state index contributed by atoms with van der Waals surface area (Å²) in [4.78, 5) is 29.8. The zero-order chi connectivity index (χ0) is 24.3. The van der Waals surface area contributed by atoms with Gasteiger partial charge in [-0.1, -0.05) is 21.7 Å². The van der Waals surface area contributed by atoms with Crippen molar-refractivity contribution in [1.29, 1.82) is 0 Å². The van der Waals surface area contributed by atoms with Crippen molar-refractivity contribution in [2.24, 2.45) is 0 Å². The molecule has 1 aromatic rings. The Morgan fingerprint density at radius 3 is 2.41 bits per heavy atom. The summed E-state index contributed by atoms with van der Waals surface area (Å²) in [5.41, 5.74) is 0.598. The molecule has 0 bridgehead atoms. The van der Waals surface area contributed by atoms with Crippen molar-refractivity contribution in [3.05, 3.63) is 58.2 Å². The lowest BCUT2D eigenvalue weighted by Crippen LogP contribution is -2.53. The van der Waals surface area contributed by atoms with E-state index in [0.717, 1.165) is 39.9 Å². The van der Waals surface area contributed by atoms with Gasteiger partial charge in [-0.15, -0.1) is 6.58 Å². The quantitative estimate of drug-likeness (QED) is 0.341. The molecule has 0 aliphatic carbocycles. The first kappa shape index (κ1) is 25.5. The lowest BCUT2D eigenvalue weighted by atomic mass is 9.99. The predicted molar refractivity (Wildman–Crippen MR) is 118 cm³/mol. The highest BCUT2D eigenvalue weighted by Gasteiger charge is 2.39. The molecule has 176 valence electrons. The summed E-state index contributed by atoms with van der Waals surface area (Å²) in [6, 6.07) is 3.70. The highest BCUT2D eigenvalue weighted by atomic mass is 32.2. The number of carbonyl (C=O) groups excluding carboxylic acids is 1. The maximum atomic E-state index is 13.4. The SMILES string of the molecule is C=CCON(C1CN(C(=O)OC(C)(C)C)CC(C)=C1C)S(=O)(=O)c1ccc([N+](=O)[O-])cc1. The van der Waals surface area contributed by atoms with E-state index in [0.29, 0.717) is 6.54 Å². The molecule has 0 saturated heterocycles. The van der Waals surface area contributed by atoms with Crippen LogP contribution in [0.3, 0.4) is 0 Å². The number of ether oxygens (including phenoxy) is 1. The third-order valence-corrected chi connectivity index (χ3v) is 6.50. The van der Waals surface area contributed by atoms with Crippen molar-refractivity contribution >= 4 is 21.8 Å².